The molecule has 0 aliphatic heterocycles. The minimum Gasteiger partial charge on any atom is -0.497 e. The lowest BCUT2D eigenvalue weighted by molar-refractivity contribution is -0.122. The lowest BCUT2D eigenvalue weighted by Gasteiger charge is -2.25. The minimum absolute atomic E-state index is 0.158. The van der Waals surface area contributed by atoms with Crippen LogP contribution in [0.3, 0.4) is 0 Å². The number of rotatable bonds is 15. The Labute approximate surface area is 224 Å². The predicted molar refractivity (Wildman–Crippen MR) is 148 cm³/mol. The van der Waals surface area contributed by atoms with E-state index in [1.54, 1.807) is 38.5 Å². The Balaban J connectivity index is 1.56. The number of carbonyl (C=O) groups is 1. The molecule has 0 radical (unpaired) electrons. The van der Waals surface area contributed by atoms with Crippen LogP contribution in [0, 0.1) is 0 Å². The number of hydrogen-bond donors (Lipinski definition) is 3. The molecule has 38 heavy (non-hydrogen) atoms. The summed E-state index contributed by atoms with van der Waals surface area (Å²) in [6.07, 6.45) is -0.665. The number of amides is 1. The maximum Gasteiger partial charge on any atom is 0.221 e. The molecular formula is C29H36N2O6S. The molecule has 204 valence electrons. The Morgan fingerprint density at radius 3 is 2.24 bits per heavy atom. The standard InChI is InChI=1S/C29H36N2O6S/c1-36-25-13-11-23(12-14-25)21-38(34,35)16-15-29(33)31-27(18-22-7-4-3-5-8-22)28(32)20-30-19-24-9-6-10-26(17-24)37-2/h3-14,17,27-28,30,32H,15-16,18-21H2,1-2H3,(H,31,33)/t27-,28+/m0/s1. The quantitative estimate of drug-likeness (QED) is 0.272. The van der Waals surface area contributed by atoms with Gasteiger partial charge in [0.1, 0.15) is 11.5 Å². The van der Waals surface area contributed by atoms with E-state index in [1.807, 2.05) is 54.6 Å². The summed E-state index contributed by atoms with van der Waals surface area (Å²) in [4.78, 5) is 12.8. The van der Waals surface area contributed by atoms with Crippen LogP contribution in [0.5, 0.6) is 11.5 Å². The molecule has 1 amide bonds. The smallest absolute Gasteiger partial charge is 0.221 e. The van der Waals surface area contributed by atoms with Crippen LogP contribution in [0.15, 0.2) is 78.9 Å². The number of carbonyl (C=O) groups excluding carboxylic acids is 1. The van der Waals surface area contributed by atoms with Crippen molar-refractivity contribution >= 4 is 15.7 Å². The van der Waals surface area contributed by atoms with E-state index in [2.05, 4.69) is 10.6 Å². The Morgan fingerprint density at radius 2 is 1.55 bits per heavy atom. The van der Waals surface area contributed by atoms with Crippen molar-refractivity contribution in [3.8, 4) is 11.5 Å². The lowest BCUT2D eigenvalue weighted by atomic mass is 10.0. The van der Waals surface area contributed by atoms with Gasteiger partial charge in [0.25, 0.3) is 0 Å². The molecular weight excluding hydrogens is 504 g/mol. The third kappa shape index (κ3) is 9.81. The Kier molecular flexibility index (Phi) is 11.1. The summed E-state index contributed by atoms with van der Waals surface area (Å²) in [5.41, 5.74) is 2.59. The van der Waals surface area contributed by atoms with E-state index < -0.39 is 27.9 Å². The van der Waals surface area contributed by atoms with Gasteiger partial charge in [-0.3, -0.25) is 4.79 Å². The third-order valence-electron chi connectivity index (χ3n) is 6.11. The first-order valence-electron chi connectivity index (χ1n) is 12.5. The number of nitrogens with one attached hydrogen (secondary N) is 2. The first-order valence-corrected chi connectivity index (χ1v) is 14.3. The second-order valence-corrected chi connectivity index (χ2v) is 11.3. The minimum atomic E-state index is -3.50. The fourth-order valence-corrected chi connectivity index (χ4v) is 5.36. The van der Waals surface area contributed by atoms with Crippen molar-refractivity contribution in [2.24, 2.45) is 0 Å². The van der Waals surface area contributed by atoms with E-state index in [4.69, 9.17) is 9.47 Å². The van der Waals surface area contributed by atoms with E-state index in [0.29, 0.717) is 24.3 Å². The van der Waals surface area contributed by atoms with Crippen molar-refractivity contribution in [3.05, 3.63) is 95.6 Å². The van der Waals surface area contributed by atoms with Gasteiger partial charge in [-0.1, -0.05) is 54.6 Å². The van der Waals surface area contributed by atoms with Gasteiger partial charge in [-0.15, -0.1) is 0 Å². The summed E-state index contributed by atoms with van der Waals surface area (Å²) in [5, 5.41) is 17.0. The zero-order valence-corrected chi connectivity index (χ0v) is 22.6. The summed E-state index contributed by atoms with van der Waals surface area (Å²) in [5.74, 6) is 0.533. The molecule has 3 rings (SSSR count). The van der Waals surface area contributed by atoms with Crippen LogP contribution in [0.1, 0.15) is 23.1 Å². The molecule has 0 unspecified atom stereocenters. The van der Waals surface area contributed by atoms with Crippen molar-refractivity contribution in [3.63, 3.8) is 0 Å². The van der Waals surface area contributed by atoms with Crippen molar-refractivity contribution in [2.75, 3.05) is 26.5 Å². The molecule has 0 aliphatic rings. The van der Waals surface area contributed by atoms with Crippen molar-refractivity contribution < 1.29 is 27.8 Å². The van der Waals surface area contributed by atoms with Crippen LogP contribution >= 0.6 is 0 Å². The van der Waals surface area contributed by atoms with Crippen LogP contribution in [-0.2, 0) is 33.4 Å². The fourth-order valence-electron chi connectivity index (χ4n) is 4.02. The van der Waals surface area contributed by atoms with E-state index in [9.17, 15) is 18.3 Å². The Morgan fingerprint density at radius 1 is 0.868 bits per heavy atom. The number of ether oxygens (including phenoxy) is 2. The van der Waals surface area contributed by atoms with Crippen molar-refractivity contribution in [1.82, 2.24) is 10.6 Å². The molecule has 0 aliphatic carbocycles. The fraction of sp³-hybridized carbons (Fsp3) is 0.345. The Bertz CT molecular complexity index is 1250. The van der Waals surface area contributed by atoms with Crippen LogP contribution < -0.4 is 20.1 Å². The van der Waals surface area contributed by atoms with E-state index >= 15 is 0 Å². The number of benzene rings is 3. The zero-order valence-electron chi connectivity index (χ0n) is 21.8. The molecule has 9 heteroatoms. The van der Waals surface area contributed by atoms with Crippen LogP contribution in [0.4, 0.5) is 0 Å². The topological polar surface area (TPSA) is 114 Å². The molecule has 3 aromatic carbocycles. The van der Waals surface area contributed by atoms with Crippen molar-refractivity contribution in [2.45, 2.75) is 37.3 Å². The van der Waals surface area contributed by atoms with Crippen molar-refractivity contribution in [1.29, 1.82) is 0 Å². The van der Waals surface area contributed by atoms with E-state index in [-0.39, 0.29) is 24.5 Å². The van der Waals surface area contributed by atoms with Crippen LogP contribution in [-0.4, -0.2) is 58.1 Å². The largest absolute Gasteiger partial charge is 0.497 e. The number of hydrogen-bond acceptors (Lipinski definition) is 7. The first kappa shape index (κ1) is 29.2. The monoisotopic (exact) mass is 540 g/mol. The average Bonchev–Trinajstić information content (AvgIpc) is 2.92. The molecule has 2 atom stereocenters. The third-order valence-corrected chi connectivity index (χ3v) is 7.71. The summed E-state index contributed by atoms with van der Waals surface area (Å²) < 4.78 is 35.6. The predicted octanol–water partition coefficient (Wildman–Crippen LogP) is 2.89. The van der Waals surface area contributed by atoms with E-state index in [1.165, 1.54) is 0 Å². The Hall–Kier alpha value is -3.40. The lowest BCUT2D eigenvalue weighted by Crippen LogP contribution is -2.49. The summed E-state index contributed by atoms with van der Waals surface area (Å²) in [6, 6.07) is 23.4. The van der Waals surface area contributed by atoms with Gasteiger partial charge in [0, 0.05) is 19.5 Å². The summed E-state index contributed by atoms with van der Waals surface area (Å²) >= 11 is 0. The van der Waals surface area contributed by atoms with Gasteiger partial charge in [0.2, 0.25) is 5.91 Å². The molecule has 0 fully saturated rings. The van der Waals surface area contributed by atoms with Gasteiger partial charge in [-0.05, 0) is 47.4 Å². The number of aliphatic hydroxyl groups excluding tert-OH is 1. The molecule has 0 saturated carbocycles. The molecule has 3 N–H and O–H groups in total. The molecule has 0 bridgehead atoms. The maximum absolute atomic E-state index is 12.8. The second kappa shape index (κ2) is 14.5. The van der Waals surface area contributed by atoms with Crippen LogP contribution in [0.2, 0.25) is 0 Å². The molecule has 0 spiro atoms. The molecule has 0 heterocycles. The molecule has 0 saturated heterocycles. The number of methoxy groups -OCH3 is 2. The highest BCUT2D eigenvalue weighted by atomic mass is 32.2. The van der Waals surface area contributed by atoms with Gasteiger partial charge >= 0.3 is 0 Å². The number of aliphatic hydroxyl groups is 1. The molecule has 3 aromatic rings. The molecule has 8 nitrogen and oxygen atoms in total. The highest BCUT2D eigenvalue weighted by Crippen LogP contribution is 2.15. The normalized spacial score (nSPS) is 12.9. The summed E-state index contributed by atoms with van der Waals surface area (Å²) in [7, 11) is -0.348. The second-order valence-electron chi connectivity index (χ2n) is 9.10. The van der Waals surface area contributed by atoms with E-state index in [0.717, 1.165) is 16.9 Å². The summed E-state index contributed by atoms with van der Waals surface area (Å²) in [6.45, 7) is 0.759. The average molecular weight is 541 g/mol. The number of sulfone groups is 1. The van der Waals surface area contributed by atoms with Gasteiger partial charge in [-0.25, -0.2) is 8.42 Å². The van der Waals surface area contributed by atoms with Gasteiger partial charge in [0.15, 0.2) is 9.84 Å². The highest BCUT2D eigenvalue weighted by Gasteiger charge is 2.23. The highest BCUT2D eigenvalue weighted by molar-refractivity contribution is 7.90. The maximum atomic E-state index is 12.8. The van der Waals surface area contributed by atoms with Crippen LogP contribution in [0.25, 0.3) is 0 Å². The zero-order chi connectivity index (χ0) is 27.4. The van der Waals surface area contributed by atoms with Gasteiger partial charge in [-0.2, -0.15) is 0 Å². The molecule has 0 aromatic heterocycles. The van der Waals surface area contributed by atoms with Gasteiger partial charge < -0.3 is 25.2 Å². The first-order chi connectivity index (χ1) is 18.3. The SMILES string of the molecule is COc1ccc(CS(=O)(=O)CCC(=O)N[C@@H](Cc2ccccc2)[C@H](O)CNCc2cccc(OC)c2)cc1. The van der Waals surface area contributed by atoms with Gasteiger partial charge in [0.05, 0.1) is 37.9 Å².